The Balaban J connectivity index is 1.43. The third kappa shape index (κ3) is 3.32. The summed E-state index contributed by atoms with van der Waals surface area (Å²) in [5.41, 5.74) is 11.3. The van der Waals surface area contributed by atoms with Crippen molar-refractivity contribution in [2.75, 3.05) is 12.3 Å². The Bertz CT molecular complexity index is 1590. The van der Waals surface area contributed by atoms with E-state index in [0.717, 1.165) is 57.8 Å². The summed E-state index contributed by atoms with van der Waals surface area (Å²) in [7, 11) is 0. The minimum Gasteiger partial charge on any atom is -0.382 e. The molecule has 7 nitrogen and oxygen atoms in total. The van der Waals surface area contributed by atoms with Gasteiger partial charge in [0, 0.05) is 12.1 Å². The summed E-state index contributed by atoms with van der Waals surface area (Å²) in [4.78, 5) is 29.5. The van der Waals surface area contributed by atoms with E-state index in [0.29, 0.717) is 17.3 Å². The second-order valence-electron chi connectivity index (χ2n) is 9.34. The molecule has 1 aliphatic rings. The van der Waals surface area contributed by atoms with Crippen molar-refractivity contribution in [1.82, 2.24) is 24.3 Å². The molecule has 2 N–H and O–H groups in total. The number of benzene rings is 2. The molecule has 1 aliphatic heterocycles. The van der Waals surface area contributed by atoms with Gasteiger partial charge in [-0.25, -0.2) is 15.0 Å². The largest absolute Gasteiger partial charge is 0.382 e. The number of amides is 1. The standard InChI is InChI=1S/C26H26N6OS/c1-14-4-8-21(17-6-9-24-20(10-17)29-16(3)34-24)31(13-14)26(33)18-5-7-19-22(11-18)32-15(2)28-12-23(32)25(27)30-19/h5-7,9-12,14,21H,4,8,13H2,1-3H3,(H2,27,30)/t14-,21+/m0/s1. The van der Waals surface area contributed by atoms with Crippen LogP contribution in [0.2, 0.25) is 0 Å². The van der Waals surface area contributed by atoms with Gasteiger partial charge in [0.1, 0.15) is 17.2 Å². The molecule has 2 atom stereocenters. The first-order valence-corrected chi connectivity index (χ1v) is 12.4. The number of aromatic nitrogens is 4. The van der Waals surface area contributed by atoms with Gasteiger partial charge in [0.05, 0.1) is 38.5 Å². The number of imidazole rings is 1. The first kappa shape index (κ1) is 21.0. The van der Waals surface area contributed by atoms with Gasteiger partial charge in [-0.05, 0) is 68.5 Å². The molecule has 6 rings (SSSR count). The predicted octanol–water partition coefficient (Wildman–Crippen LogP) is 5.30. The molecule has 0 aliphatic carbocycles. The summed E-state index contributed by atoms with van der Waals surface area (Å²) in [6, 6.07) is 12.2. The summed E-state index contributed by atoms with van der Waals surface area (Å²) in [5.74, 6) is 1.74. The van der Waals surface area contributed by atoms with Gasteiger partial charge in [0.2, 0.25) is 0 Å². The van der Waals surface area contributed by atoms with Gasteiger partial charge in [-0.2, -0.15) is 0 Å². The molecule has 1 saturated heterocycles. The molecule has 1 fully saturated rings. The highest BCUT2D eigenvalue weighted by molar-refractivity contribution is 7.18. The molecule has 0 radical (unpaired) electrons. The predicted molar refractivity (Wildman–Crippen MR) is 136 cm³/mol. The summed E-state index contributed by atoms with van der Waals surface area (Å²) in [6.07, 6.45) is 3.76. The van der Waals surface area contributed by atoms with Gasteiger partial charge >= 0.3 is 0 Å². The summed E-state index contributed by atoms with van der Waals surface area (Å²) >= 11 is 1.70. The van der Waals surface area contributed by atoms with E-state index >= 15 is 0 Å². The molecule has 0 unspecified atom stereocenters. The van der Waals surface area contributed by atoms with Gasteiger partial charge in [-0.3, -0.25) is 9.20 Å². The molecular formula is C26H26N6OS. The number of likely N-dealkylation sites (tertiary alicyclic amines) is 1. The fourth-order valence-corrected chi connectivity index (χ4v) is 6.01. The maximum atomic E-state index is 13.9. The molecule has 0 bridgehead atoms. The lowest BCUT2D eigenvalue weighted by atomic mass is 9.89. The van der Waals surface area contributed by atoms with E-state index in [4.69, 9.17) is 5.73 Å². The molecule has 1 amide bonds. The van der Waals surface area contributed by atoms with Crippen LogP contribution in [0.3, 0.4) is 0 Å². The molecule has 34 heavy (non-hydrogen) atoms. The van der Waals surface area contributed by atoms with Crippen LogP contribution in [0.1, 0.15) is 52.6 Å². The number of nitrogens with two attached hydrogens (primary N) is 1. The van der Waals surface area contributed by atoms with Gasteiger partial charge in [0.15, 0.2) is 0 Å². The average molecular weight is 471 g/mol. The van der Waals surface area contributed by atoms with Crippen molar-refractivity contribution in [3.8, 4) is 0 Å². The Morgan fingerprint density at radius 1 is 1.06 bits per heavy atom. The second kappa shape index (κ2) is 7.77. The SMILES string of the molecule is Cc1nc2cc([C@H]3CC[C@H](C)CN3C(=O)c3ccc4nc(N)c5cnc(C)n5c4c3)ccc2s1. The normalized spacial score (nSPS) is 18.9. The first-order chi connectivity index (χ1) is 16.4. The van der Waals surface area contributed by atoms with E-state index in [1.165, 1.54) is 4.70 Å². The number of hydrogen-bond donors (Lipinski definition) is 1. The lowest BCUT2D eigenvalue weighted by molar-refractivity contribution is 0.0545. The van der Waals surface area contributed by atoms with Crippen LogP contribution in [-0.2, 0) is 0 Å². The van der Waals surface area contributed by atoms with Crippen molar-refractivity contribution in [2.45, 2.75) is 39.7 Å². The molecule has 0 spiro atoms. The van der Waals surface area contributed by atoms with Gasteiger partial charge in [0.25, 0.3) is 5.91 Å². The van der Waals surface area contributed by atoms with E-state index in [1.807, 2.05) is 41.3 Å². The van der Waals surface area contributed by atoms with Crippen molar-refractivity contribution in [2.24, 2.45) is 5.92 Å². The Morgan fingerprint density at radius 3 is 2.76 bits per heavy atom. The zero-order chi connectivity index (χ0) is 23.6. The summed E-state index contributed by atoms with van der Waals surface area (Å²) in [5, 5.41) is 1.06. The number of aryl methyl sites for hydroxylation is 2. The van der Waals surface area contributed by atoms with Crippen molar-refractivity contribution >= 4 is 49.8 Å². The number of rotatable bonds is 2. The van der Waals surface area contributed by atoms with E-state index in [-0.39, 0.29) is 11.9 Å². The number of carbonyl (C=O) groups excluding carboxylic acids is 1. The fourth-order valence-electron chi connectivity index (χ4n) is 5.20. The van der Waals surface area contributed by atoms with E-state index in [1.54, 1.807) is 17.5 Å². The highest BCUT2D eigenvalue weighted by atomic mass is 32.1. The highest BCUT2D eigenvalue weighted by Crippen LogP contribution is 2.36. The Kier molecular flexibility index (Phi) is 4.81. The van der Waals surface area contributed by atoms with E-state index in [2.05, 4.69) is 40.1 Å². The second-order valence-corrected chi connectivity index (χ2v) is 10.6. The van der Waals surface area contributed by atoms with Crippen LogP contribution in [0.15, 0.2) is 42.6 Å². The number of nitrogen functional groups attached to an aromatic ring is 1. The molecule has 8 heteroatoms. The zero-order valence-electron chi connectivity index (χ0n) is 19.4. The smallest absolute Gasteiger partial charge is 0.254 e. The van der Waals surface area contributed by atoms with Crippen LogP contribution in [0.25, 0.3) is 26.8 Å². The van der Waals surface area contributed by atoms with Crippen molar-refractivity contribution in [1.29, 1.82) is 0 Å². The lowest BCUT2D eigenvalue weighted by Gasteiger charge is -2.39. The number of fused-ring (bicyclic) bond motifs is 4. The minimum absolute atomic E-state index is 0.0327. The van der Waals surface area contributed by atoms with Crippen LogP contribution in [0.4, 0.5) is 5.82 Å². The highest BCUT2D eigenvalue weighted by Gasteiger charge is 2.32. The number of nitrogens with zero attached hydrogens (tertiary/aromatic N) is 5. The van der Waals surface area contributed by atoms with Crippen LogP contribution in [-0.4, -0.2) is 36.7 Å². The minimum atomic E-state index is 0.0327. The third-order valence-corrected chi connectivity index (χ3v) is 7.84. The molecule has 0 saturated carbocycles. The van der Waals surface area contributed by atoms with E-state index in [9.17, 15) is 4.79 Å². The van der Waals surface area contributed by atoms with Crippen molar-refractivity contribution < 1.29 is 4.79 Å². The molecule has 172 valence electrons. The van der Waals surface area contributed by atoms with Crippen molar-refractivity contribution in [3.05, 3.63) is 64.6 Å². The maximum Gasteiger partial charge on any atom is 0.254 e. The molecule has 5 aromatic rings. The lowest BCUT2D eigenvalue weighted by Crippen LogP contribution is -2.41. The Labute approximate surface area is 201 Å². The van der Waals surface area contributed by atoms with Gasteiger partial charge < -0.3 is 10.6 Å². The Hall–Kier alpha value is -3.52. The molecule has 3 aromatic heterocycles. The average Bonchev–Trinajstić information content (AvgIpc) is 3.40. The van der Waals surface area contributed by atoms with Crippen LogP contribution in [0, 0.1) is 19.8 Å². The van der Waals surface area contributed by atoms with Crippen LogP contribution < -0.4 is 5.73 Å². The quantitative estimate of drug-likeness (QED) is 0.378. The van der Waals surface area contributed by atoms with Crippen molar-refractivity contribution in [3.63, 3.8) is 0 Å². The number of thiazole rings is 1. The topological polar surface area (TPSA) is 89.4 Å². The first-order valence-electron chi connectivity index (χ1n) is 11.6. The monoisotopic (exact) mass is 470 g/mol. The fraction of sp³-hybridized carbons (Fsp3) is 0.308. The summed E-state index contributed by atoms with van der Waals surface area (Å²) in [6.45, 7) is 6.91. The van der Waals surface area contributed by atoms with E-state index < -0.39 is 0 Å². The third-order valence-electron chi connectivity index (χ3n) is 6.89. The molecule has 4 heterocycles. The molecular weight excluding hydrogens is 444 g/mol. The number of carbonyl (C=O) groups is 1. The van der Waals surface area contributed by atoms with Gasteiger partial charge in [-0.1, -0.05) is 13.0 Å². The molecule has 2 aromatic carbocycles. The van der Waals surface area contributed by atoms with Crippen LogP contribution >= 0.6 is 11.3 Å². The Morgan fingerprint density at radius 2 is 1.91 bits per heavy atom. The van der Waals surface area contributed by atoms with Gasteiger partial charge in [-0.15, -0.1) is 11.3 Å². The number of anilines is 1. The number of hydrogen-bond acceptors (Lipinski definition) is 6. The van der Waals surface area contributed by atoms with Crippen LogP contribution in [0.5, 0.6) is 0 Å². The summed E-state index contributed by atoms with van der Waals surface area (Å²) < 4.78 is 3.16. The maximum absolute atomic E-state index is 13.9. The zero-order valence-corrected chi connectivity index (χ0v) is 20.3. The number of piperidine rings is 1.